The molecule has 0 amide bonds. The van der Waals surface area contributed by atoms with Crippen LogP contribution < -0.4 is 0 Å². The van der Waals surface area contributed by atoms with E-state index in [0.717, 1.165) is 26.1 Å². The van der Waals surface area contributed by atoms with E-state index in [0.29, 0.717) is 0 Å². The van der Waals surface area contributed by atoms with E-state index in [1.807, 2.05) is 6.92 Å². The number of rotatable bonds is 11. The van der Waals surface area contributed by atoms with E-state index in [1.54, 1.807) is 0 Å². The van der Waals surface area contributed by atoms with Crippen LogP contribution in [0.2, 0.25) is 0 Å². The fraction of sp³-hybridized carbons (Fsp3) is 0.778. The summed E-state index contributed by atoms with van der Waals surface area (Å²) in [5, 5.41) is 0. The van der Waals surface area contributed by atoms with Gasteiger partial charge in [0.15, 0.2) is 0 Å². The predicted octanol–water partition coefficient (Wildman–Crippen LogP) is 4.95. The summed E-state index contributed by atoms with van der Waals surface area (Å²) in [7, 11) is 0. The molecular weight excluding hydrogens is 232 g/mol. The van der Waals surface area contributed by atoms with Crippen LogP contribution in [0.15, 0.2) is 0 Å². The van der Waals surface area contributed by atoms with Crippen LogP contribution in [0.25, 0.3) is 0 Å². The standard InChI is InChI=1S/C18H30O/c1-3-5-6-7-8-9-10-11-12-13-14-15-16-17-18-19-4-2/h3-12,17-18H2,1-2H3. The van der Waals surface area contributed by atoms with Crippen molar-refractivity contribution < 1.29 is 4.74 Å². The molecule has 0 heterocycles. The Balaban J connectivity index is 3.21. The Hall–Kier alpha value is -0.920. The summed E-state index contributed by atoms with van der Waals surface area (Å²) in [5.74, 6) is 11.9. The van der Waals surface area contributed by atoms with Crippen LogP contribution in [0.1, 0.15) is 78.1 Å². The second-order valence-corrected chi connectivity index (χ2v) is 4.78. The molecule has 0 N–H and O–H groups in total. The second-order valence-electron chi connectivity index (χ2n) is 4.78. The maximum absolute atomic E-state index is 5.19. The van der Waals surface area contributed by atoms with Gasteiger partial charge in [0, 0.05) is 19.4 Å². The molecular formula is C18H30O. The van der Waals surface area contributed by atoms with E-state index in [2.05, 4.69) is 30.6 Å². The van der Waals surface area contributed by atoms with Gasteiger partial charge in [0.25, 0.3) is 0 Å². The third-order valence-electron chi connectivity index (χ3n) is 2.97. The molecule has 0 aromatic heterocycles. The molecule has 0 atom stereocenters. The van der Waals surface area contributed by atoms with E-state index in [9.17, 15) is 0 Å². The quantitative estimate of drug-likeness (QED) is 0.378. The van der Waals surface area contributed by atoms with Gasteiger partial charge >= 0.3 is 0 Å². The Bertz CT molecular complexity index is 284. The largest absolute Gasteiger partial charge is 0.381 e. The highest BCUT2D eigenvalue weighted by Gasteiger charge is 1.89. The highest BCUT2D eigenvalue weighted by atomic mass is 16.5. The Morgan fingerprint density at radius 3 is 1.89 bits per heavy atom. The molecule has 0 fully saturated rings. The zero-order valence-electron chi connectivity index (χ0n) is 12.9. The highest BCUT2D eigenvalue weighted by molar-refractivity contribution is 5.25. The number of hydrogen-bond acceptors (Lipinski definition) is 1. The van der Waals surface area contributed by atoms with Gasteiger partial charge in [-0.15, -0.1) is 0 Å². The monoisotopic (exact) mass is 262 g/mol. The maximum atomic E-state index is 5.19. The summed E-state index contributed by atoms with van der Waals surface area (Å²) >= 11 is 0. The van der Waals surface area contributed by atoms with Gasteiger partial charge in [-0.1, -0.05) is 63.7 Å². The minimum absolute atomic E-state index is 0.725. The zero-order valence-corrected chi connectivity index (χ0v) is 12.9. The van der Waals surface area contributed by atoms with E-state index >= 15 is 0 Å². The molecule has 0 spiro atoms. The lowest BCUT2D eigenvalue weighted by Gasteiger charge is -1.98. The summed E-state index contributed by atoms with van der Waals surface area (Å²) in [4.78, 5) is 0. The Labute approximate surface area is 120 Å². The summed E-state index contributed by atoms with van der Waals surface area (Å²) in [6.07, 6.45) is 12.6. The van der Waals surface area contributed by atoms with Gasteiger partial charge in [-0.05, 0) is 25.2 Å². The van der Waals surface area contributed by atoms with Crippen LogP contribution in [0, 0.1) is 23.7 Å². The topological polar surface area (TPSA) is 9.23 Å². The molecule has 0 aromatic carbocycles. The molecule has 0 aliphatic heterocycles. The van der Waals surface area contributed by atoms with Gasteiger partial charge in [-0.3, -0.25) is 0 Å². The third kappa shape index (κ3) is 17.1. The van der Waals surface area contributed by atoms with E-state index in [1.165, 1.54) is 51.4 Å². The van der Waals surface area contributed by atoms with Crippen molar-refractivity contribution in [3.05, 3.63) is 0 Å². The molecule has 0 rings (SSSR count). The van der Waals surface area contributed by atoms with Gasteiger partial charge in [0.2, 0.25) is 0 Å². The second kappa shape index (κ2) is 17.1. The van der Waals surface area contributed by atoms with Crippen LogP contribution in [-0.2, 0) is 4.74 Å². The number of unbranched alkanes of at least 4 members (excludes halogenated alkanes) is 8. The minimum Gasteiger partial charge on any atom is -0.381 e. The zero-order chi connectivity index (χ0) is 14.0. The van der Waals surface area contributed by atoms with Crippen molar-refractivity contribution >= 4 is 0 Å². The SMILES string of the molecule is CCCCCCCCCCC#CC#CCCOCC. The van der Waals surface area contributed by atoms with E-state index in [-0.39, 0.29) is 0 Å². The van der Waals surface area contributed by atoms with Crippen molar-refractivity contribution in [1.82, 2.24) is 0 Å². The van der Waals surface area contributed by atoms with Crippen molar-refractivity contribution in [2.45, 2.75) is 78.1 Å². The summed E-state index contributed by atoms with van der Waals surface area (Å²) in [5.41, 5.74) is 0. The number of hydrogen-bond donors (Lipinski definition) is 0. The molecule has 1 nitrogen and oxygen atoms in total. The Kier molecular flexibility index (Phi) is 16.3. The molecule has 0 aliphatic rings. The highest BCUT2D eigenvalue weighted by Crippen LogP contribution is 2.08. The van der Waals surface area contributed by atoms with E-state index in [4.69, 9.17) is 4.74 Å². The van der Waals surface area contributed by atoms with Crippen LogP contribution >= 0.6 is 0 Å². The van der Waals surface area contributed by atoms with Gasteiger partial charge in [-0.2, -0.15) is 0 Å². The molecule has 108 valence electrons. The first-order valence-electron chi connectivity index (χ1n) is 7.95. The molecule has 0 aliphatic carbocycles. The predicted molar refractivity (Wildman–Crippen MR) is 83.9 cm³/mol. The van der Waals surface area contributed by atoms with E-state index < -0.39 is 0 Å². The van der Waals surface area contributed by atoms with Crippen LogP contribution in [-0.4, -0.2) is 13.2 Å². The minimum atomic E-state index is 0.725. The fourth-order valence-corrected chi connectivity index (χ4v) is 1.83. The van der Waals surface area contributed by atoms with Crippen molar-refractivity contribution in [3.63, 3.8) is 0 Å². The Morgan fingerprint density at radius 1 is 0.684 bits per heavy atom. The normalized spacial score (nSPS) is 9.37. The lowest BCUT2D eigenvalue weighted by molar-refractivity contribution is 0.154. The van der Waals surface area contributed by atoms with Gasteiger partial charge < -0.3 is 4.74 Å². The first kappa shape index (κ1) is 18.1. The molecule has 1 heteroatoms. The van der Waals surface area contributed by atoms with Gasteiger partial charge in [0.1, 0.15) is 0 Å². The van der Waals surface area contributed by atoms with Crippen LogP contribution in [0.3, 0.4) is 0 Å². The number of ether oxygens (including phenoxy) is 1. The van der Waals surface area contributed by atoms with Crippen LogP contribution in [0.5, 0.6) is 0 Å². The summed E-state index contributed by atoms with van der Waals surface area (Å²) in [6, 6.07) is 0. The average molecular weight is 262 g/mol. The summed E-state index contributed by atoms with van der Waals surface area (Å²) < 4.78 is 5.19. The van der Waals surface area contributed by atoms with Crippen molar-refractivity contribution in [2.24, 2.45) is 0 Å². The van der Waals surface area contributed by atoms with Crippen molar-refractivity contribution in [1.29, 1.82) is 0 Å². The lowest BCUT2D eigenvalue weighted by Crippen LogP contribution is -1.90. The first-order chi connectivity index (χ1) is 9.41. The summed E-state index contributed by atoms with van der Waals surface area (Å²) in [6.45, 7) is 5.75. The van der Waals surface area contributed by atoms with Gasteiger partial charge in [-0.25, -0.2) is 0 Å². The molecule has 0 radical (unpaired) electrons. The molecule has 0 bridgehead atoms. The molecule has 0 saturated carbocycles. The van der Waals surface area contributed by atoms with Crippen molar-refractivity contribution in [3.8, 4) is 23.7 Å². The van der Waals surface area contributed by atoms with Gasteiger partial charge in [0.05, 0.1) is 6.61 Å². The molecule has 0 unspecified atom stereocenters. The maximum Gasteiger partial charge on any atom is 0.0575 e. The van der Waals surface area contributed by atoms with Crippen molar-refractivity contribution in [2.75, 3.05) is 13.2 Å². The molecule has 0 aromatic rings. The third-order valence-corrected chi connectivity index (χ3v) is 2.97. The molecule has 0 saturated heterocycles. The average Bonchev–Trinajstić information content (AvgIpc) is 2.43. The molecule has 19 heavy (non-hydrogen) atoms. The van der Waals surface area contributed by atoms with Crippen LogP contribution in [0.4, 0.5) is 0 Å². The fourth-order valence-electron chi connectivity index (χ4n) is 1.83. The Morgan fingerprint density at radius 2 is 1.26 bits per heavy atom. The first-order valence-corrected chi connectivity index (χ1v) is 7.95. The smallest absolute Gasteiger partial charge is 0.0575 e. The lowest BCUT2D eigenvalue weighted by atomic mass is 10.1.